The van der Waals surface area contributed by atoms with E-state index in [1.165, 1.54) is 32.1 Å². The fourth-order valence-electron chi connectivity index (χ4n) is 1.78. The molecule has 0 heterocycles. The summed E-state index contributed by atoms with van der Waals surface area (Å²) in [5.74, 6) is 1.45. The number of rotatable bonds is 6. The van der Waals surface area contributed by atoms with Gasteiger partial charge < -0.3 is 0 Å². The first-order valence-electron chi connectivity index (χ1n) is 4.92. The zero-order valence-corrected chi connectivity index (χ0v) is 8.44. The Morgan fingerprint density at radius 3 is 2.75 bits per heavy atom. The van der Waals surface area contributed by atoms with Crippen molar-refractivity contribution in [3.63, 3.8) is 0 Å². The monoisotopic (exact) mass is 188 g/mol. The van der Waals surface area contributed by atoms with Crippen molar-refractivity contribution in [1.29, 1.82) is 0 Å². The number of hydrogen-bond donors (Lipinski definition) is 0. The highest BCUT2D eigenvalue weighted by molar-refractivity contribution is 6.63. The molecule has 2 atom stereocenters. The normalized spacial score (nSPS) is 27.2. The standard InChI is InChI=1S/C10H17ClO/c1-2-3-4-5-8-6-9(8)7-10(11)12/h8-9H,2-7H2,1H3. The molecular weight excluding hydrogens is 172 g/mol. The highest BCUT2D eigenvalue weighted by atomic mass is 35.5. The maximum atomic E-state index is 10.5. The van der Waals surface area contributed by atoms with Gasteiger partial charge >= 0.3 is 0 Å². The van der Waals surface area contributed by atoms with Crippen LogP contribution in [0, 0.1) is 11.8 Å². The molecule has 1 fully saturated rings. The second-order valence-corrected chi connectivity index (χ2v) is 4.23. The summed E-state index contributed by atoms with van der Waals surface area (Å²) in [5.41, 5.74) is 0. The molecule has 1 saturated carbocycles. The van der Waals surface area contributed by atoms with Crippen molar-refractivity contribution >= 4 is 16.8 Å². The fourth-order valence-corrected chi connectivity index (χ4v) is 1.97. The molecule has 0 aromatic heterocycles. The van der Waals surface area contributed by atoms with Crippen LogP contribution in [0.2, 0.25) is 0 Å². The van der Waals surface area contributed by atoms with Crippen LogP contribution in [0.3, 0.4) is 0 Å². The van der Waals surface area contributed by atoms with E-state index in [1.54, 1.807) is 0 Å². The van der Waals surface area contributed by atoms with E-state index in [1.807, 2.05) is 0 Å². The Labute approximate surface area is 79.5 Å². The summed E-state index contributed by atoms with van der Waals surface area (Å²) in [5, 5.41) is -0.155. The molecular formula is C10H17ClO. The molecule has 0 spiro atoms. The lowest BCUT2D eigenvalue weighted by Crippen LogP contribution is -1.90. The molecule has 1 aliphatic carbocycles. The Balaban J connectivity index is 1.97. The zero-order valence-electron chi connectivity index (χ0n) is 7.68. The summed E-state index contributed by atoms with van der Waals surface area (Å²) in [7, 11) is 0. The Bertz CT molecular complexity index is 156. The van der Waals surface area contributed by atoms with Gasteiger partial charge in [-0.1, -0.05) is 32.6 Å². The topological polar surface area (TPSA) is 17.1 Å². The van der Waals surface area contributed by atoms with Crippen LogP contribution in [-0.2, 0) is 4.79 Å². The van der Waals surface area contributed by atoms with E-state index < -0.39 is 0 Å². The van der Waals surface area contributed by atoms with Gasteiger partial charge in [-0.25, -0.2) is 0 Å². The number of unbranched alkanes of at least 4 members (excludes halogenated alkanes) is 2. The molecule has 1 aliphatic rings. The lowest BCUT2D eigenvalue weighted by atomic mass is 10.1. The van der Waals surface area contributed by atoms with E-state index >= 15 is 0 Å². The van der Waals surface area contributed by atoms with Crippen molar-refractivity contribution in [2.75, 3.05) is 0 Å². The molecule has 0 aromatic carbocycles. The molecule has 2 unspecified atom stereocenters. The SMILES string of the molecule is CCCCCC1CC1CC(=O)Cl. The van der Waals surface area contributed by atoms with Crippen molar-refractivity contribution in [2.45, 2.75) is 45.4 Å². The highest BCUT2D eigenvalue weighted by Crippen LogP contribution is 2.45. The van der Waals surface area contributed by atoms with Crippen molar-refractivity contribution in [1.82, 2.24) is 0 Å². The van der Waals surface area contributed by atoms with E-state index in [2.05, 4.69) is 6.92 Å². The largest absolute Gasteiger partial charge is 0.281 e. The van der Waals surface area contributed by atoms with Crippen molar-refractivity contribution in [3.8, 4) is 0 Å². The van der Waals surface area contributed by atoms with Gasteiger partial charge in [0.15, 0.2) is 0 Å². The first-order chi connectivity index (χ1) is 5.74. The predicted molar refractivity (Wildman–Crippen MR) is 51.2 cm³/mol. The van der Waals surface area contributed by atoms with Crippen LogP contribution in [0.5, 0.6) is 0 Å². The molecule has 2 heteroatoms. The Hall–Kier alpha value is -0.0400. The van der Waals surface area contributed by atoms with Gasteiger partial charge in [0.1, 0.15) is 0 Å². The third-order valence-corrected chi connectivity index (χ3v) is 2.82. The second kappa shape index (κ2) is 4.86. The summed E-state index contributed by atoms with van der Waals surface area (Å²) in [6, 6.07) is 0. The molecule has 0 radical (unpaired) electrons. The molecule has 0 bridgehead atoms. The van der Waals surface area contributed by atoms with Crippen molar-refractivity contribution in [3.05, 3.63) is 0 Å². The summed E-state index contributed by atoms with van der Waals surface area (Å²) in [6.07, 6.45) is 7.10. The zero-order chi connectivity index (χ0) is 8.97. The molecule has 0 aliphatic heterocycles. The van der Waals surface area contributed by atoms with Crippen LogP contribution in [0.4, 0.5) is 0 Å². The summed E-state index contributed by atoms with van der Waals surface area (Å²) in [4.78, 5) is 10.5. The van der Waals surface area contributed by atoms with Crippen LogP contribution in [-0.4, -0.2) is 5.24 Å². The molecule has 1 nitrogen and oxygen atoms in total. The Morgan fingerprint density at radius 1 is 1.42 bits per heavy atom. The number of carbonyl (C=O) groups is 1. The minimum atomic E-state index is -0.155. The van der Waals surface area contributed by atoms with Crippen LogP contribution in [0.15, 0.2) is 0 Å². The van der Waals surface area contributed by atoms with Crippen LogP contribution >= 0.6 is 11.6 Å². The third kappa shape index (κ3) is 3.57. The molecule has 0 saturated heterocycles. The van der Waals surface area contributed by atoms with Gasteiger partial charge in [-0.15, -0.1) is 0 Å². The van der Waals surface area contributed by atoms with Crippen LogP contribution in [0.25, 0.3) is 0 Å². The molecule has 12 heavy (non-hydrogen) atoms. The van der Waals surface area contributed by atoms with Crippen LogP contribution in [0.1, 0.15) is 45.4 Å². The highest BCUT2D eigenvalue weighted by Gasteiger charge is 2.36. The van der Waals surface area contributed by atoms with Gasteiger partial charge in [0.05, 0.1) is 0 Å². The smallest absolute Gasteiger partial charge is 0.221 e. The number of hydrogen-bond acceptors (Lipinski definition) is 1. The van der Waals surface area contributed by atoms with E-state index in [0.717, 1.165) is 5.92 Å². The maximum Gasteiger partial charge on any atom is 0.221 e. The van der Waals surface area contributed by atoms with Crippen molar-refractivity contribution < 1.29 is 4.79 Å². The average Bonchev–Trinajstić information content (AvgIpc) is 2.67. The number of carbonyl (C=O) groups excluding carboxylic acids is 1. The summed E-state index contributed by atoms with van der Waals surface area (Å²) < 4.78 is 0. The first-order valence-corrected chi connectivity index (χ1v) is 5.30. The number of halogens is 1. The van der Waals surface area contributed by atoms with Gasteiger partial charge in [-0.3, -0.25) is 4.79 Å². The van der Waals surface area contributed by atoms with Gasteiger partial charge in [-0.05, 0) is 29.9 Å². The first kappa shape index (κ1) is 10.0. The predicted octanol–water partition coefficient (Wildman–Crippen LogP) is 3.36. The minimum Gasteiger partial charge on any atom is -0.281 e. The molecule has 0 amide bonds. The summed E-state index contributed by atoms with van der Waals surface area (Å²) in [6.45, 7) is 2.21. The molecule has 0 aromatic rings. The third-order valence-electron chi connectivity index (χ3n) is 2.67. The van der Waals surface area contributed by atoms with Gasteiger partial charge in [0, 0.05) is 6.42 Å². The van der Waals surface area contributed by atoms with E-state index in [0.29, 0.717) is 12.3 Å². The quantitative estimate of drug-likeness (QED) is 0.462. The molecule has 0 N–H and O–H groups in total. The average molecular weight is 189 g/mol. The van der Waals surface area contributed by atoms with Gasteiger partial charge in [0.2, 0.25) is 5.24 Å². The lowest BCUT2D eigenvalue weighted by molar-refractivity contribution is -0.112. The van der Waals surface area contributed by atoms with E-state index in [-0.39, 0.29) is 5.24 Å². The van der Waals surface area contributed by atoms with E-state index in [9.17, 15) is 4.79 Å². The Kier molecular flexibility index (Phi) is 4.07. The molecule has 1 rings (SSSR count). The summed E-state index contributed by atoms with van der Waals surface area (Å²) >= 11 is 5.30. The van der Waals surface area contributed by atoms with E-state index in [4.69, 9.17) is 11.6 Å². The van der Waals surface area contributed by atoms with Crippen molar-refractivity contribution in [2.24, 2.45) is 11.8 Å². The molecule has 70 valence electrons. The second-order valence-electron chi connectivity index (χ2n) is 3.81. The van der Waals surface area contributed by atoms with Gasteiger partial charge in [0.25, 0.3) is 0 Å². The van der Waals surface area contributed by atoms with Crippen LogP contribution < -0.4 is 0 Å². The lowest BCUT2D eigenvalue weighted by Gasteiger charge is -1.96. The van der Waals surface area contributed by atoms with Gasteiger partial charge in [-0.2, -0.15) is 0 Å². The maximum absolute atomic E-state index is 10.5. The fraction of sp³-hybridized carbons (Fsp3) is 0.900. The Morgan fingerprint density at radius 2 is 2.17 bits per heavy atom. The minimum absolute atomic E-state index is 0.155.